The average molecular weight is 332 g/mol. The van der Waals surface area contributed by atoms with Gasteiger partial charge in [-0.25, -0.2) is 14.4 Å². The van der Waals surface area contributed by atoms with E-state index in [0.29, 0.717) is 25.1 Å². The van der Waals surface area contributed by atoms with E-state index >= 15 is 0 Å². The molecule has 24 heavy (non-hydrogen) atoms. The van der Waals surface area contributed by atoms with E-state index in [1.807, 2.05) is 0 Å². The Hall–Kier alpha value is -3.03. The Morgan fingerprint density at radius 3 is 2.50 bits per heavy atom. The van der Waals surface area contributed by atoms with Gasteiger partial charge < -0.3 is 15.4 Å². The van der Waals surface area contributed by atoms with Gasteiger partial charge in [0.25, 0.3) is 5.91 Å². The highest BCUT2D eigenvalue weighted by atomic mass is 19.1. The number of aromatic nitrogens is 2. The van der Waals surface area contributed by atoms with Crippen LogP contribution in [-0.4, -0.2) is 41.5 Å². The van der Waals surface area contributed by atoms with Crippen molar-refractivity contribution < 1.29 is 18.7 Å². The lowest BCUT2D eigenvalue weighted by Crippen LogP contribution is -2.37. The van der Waals surface area contributed by atoms with Crippen molar-refractivity contribution in [1.29, 1.82) is 0 Å². The maximum absolute atomic E-state index is 12.8. The first-order valence-corrected chi connectivity index (χ1v) is 7.35. The normalized spacial score (nSPS) is 10.0. The number of rotatable bonds is 8. The lowest BCUT2D eigenvalue weighted by atomic mass is 10.2. The minimum absolute atomic E-state index is 0.154. The third-order valence-electron chi connectivity index (χ3n) is 2.93. The molecule has 0 aliphatic heterocycles. The number of carbonyl (C=O) groups excluding carboxylic acids is 2. The van der Waals surface area contributed by atoms with Crippen molar-refractivity contribution in [2.75, 3.05) is 19.7 Å². The summed E-state index contributed by atoms with van der Waals surface area (Å²) in [6, 6.07) is 7.05. The third-order valence-corrected chi connectivity index (χ3v) is 2.93. The molecule has 0 saturated heterocycles. The minimum atomic E-state index is -0.435. The van der Waals surface area contributed by atoms with Crippen LogP contribution < -0.4 is 15.4 Å². The first kappa shape index (κ1) is 17.3. The number of nitrogens with one attached hydrogen (secondary N) is 2. The molecule has 2 N–H and O–H groups in total. The van der Waals surface area contributed by atoms with Crippen molar-refractivity contribution in [3.8, 4) is 6.01 Å². The molecule has 1 aromatic heterocycles. The van der Waals surface area contributed by atoms with Crippen molar-refractivity contribution in [2.24, 2.45) is 0 Å². The highest BCUT2D eigenvalue weighted by Gasteiger charge is 2.07. The van der Waals surface area contributed by atoms with Crippen molar-refractivity contribution in [3.63, 3.8) is 0 Å². The topological polar surface area (TPSA) is 93.2 Å². The Morgan fingerprint density at radius 2 is 1.79 bits per heavy atom. The molecule has 7 nitrogen and oxygen atoms in total. The lowest BCUT2D eigenvalue weighted by molar-refractivity contribution is -0.120. The smallest absolute Gasteiger partial charge is 0.316 e. The molecule has 1 heterocycles. The molecule has 2 amide bonds. The maximum Gasteiger partial charge on any atom is 0.316 e. The highest BCUT2D eigenvalue weighted by molar-refractivity contribution is 5.96. The van der Waals surface area contributed by atoms with Crippen LogP contribution in [0.5, 0.6) is 6.01 Å². The van der Waals surface area contributed by atoms with Gasteiger partial charge in [0.15, 0.2) is 0 Å². The van der Waals surface area contributed by atoms with Gasteiger partial charge in [0, 0.05) is 24.5 Å². The Morgan fingerprint density at radius 1 is 1.08 bits per heavy atom. The van der Waals surface area contributed by atoms with Crippen LogP contribution in [0.3, 0.4) is 0 Å². The summed E-state index contributed by atoms with van der Waals surface area (Å²) in [6.45, 7) is 0.614. The van der Waals surface area contributed by atoms with Crippen molar-refractivity contribution in [1.82, 2.24) is 20.6 Å². The number of hydrogen-bond acceptors (Lipinski definition) is 5. The zero-order valence-corrected chi connectivity index (χ0v) is 12.9. The van der Waals surface area contributed by atoms with E-state index in [2.05, 4.69) is 20.6 Å². The van der Waals surface area contributed by atoms with Gasteiger partial charge in [-0.1, -0.05) is 0 Å². The van der Waals surface area contributed by atoms with Gasteiger partial charge in [-0.15, -0.1) is 0 Å². The van der Waals surface area contributed by atoms with Crippen LogP contribution in [0.1, 0.15) is 16.8 Å². The second-order valence-electron chi connectivity index (χ2n) is 4.77. The number of halogens is 1. The van der Waals surface area contributed by atoms with Crippen LogP contribution >= 0.6 is 0 Å². The van der Waals surface area contributed by atoms with Crippen LogP contribution in [0.15, 0.2) is 42.7 Å². The van der Waals surface area contributed by atoms with Gasteiger partial charge in [0.1, 0.15) is 5.82 Å². The molecule has 8 heteroatoms. The first-order valence-electron chi connectivity index (χ1n) is 7.35. The van der Waals surface area contributed by atoms with E-state index in [0.717, 1.165) is 0 Å². The SMILES string of the molecule is O=C(CNC(=O)c1ccc(F)cc1)NCCCOc1ncccn1. The molecule has 0 aliphatic rings. The van der Waals surface area contributed by atoms with E-state index < -0.39 is 11.7 Å². The average Bonchev–Trinajstić information content (AvgIpc) is 2.61. The zero-order chi connectivity index (χ0) is 17.2. The van der Waals surface area contributed by atoms with Crippen LogP contribution in [-0.2, 0) is 4.79 Å². The van der Waals surface area contributed by atoms with Gasteiger partial charge in [0.2, 0.25) is 5.91 Å². The van der Waals surface area contributed by atoms with E-state index in [9.17, 15) is 14.0 Å². The number of hydrogen-bond donors (Lipinski definition) is 2. The van der Waals surface area contributed by atoms with Crippen LogP contribution in [0.4, 0.5) is 4.39 Å². The Labute approximate surface area is 138 Å². The summed E-state index contributed by atoms with van der Waals surface area (Å²) in [5.41, 5.74) is 0.292. The van der Waals surface area contributed by atoms with Gasteiger partial charge in [-0.2, -0.15) is 0 Å². The highest BCUT2D eigenvalue weighted by Crippen LogP contribution is 2.02. The van der Waals surface area contributed by atoms with Crippen LogP contribution in [0.25, 0.3) is 0 Å². The summed E-state index contributed by atoms with van der Waals surface area (Å²) in [4.78, 5) is 31.2. The molecule has 0 atom stereocenters. The summed E-state index contributed by atoms with van der Waals surface area (Å²) in [5.74, 6) is -1.18. The van der Waals surface area contributed by atoms with Crippen LogP contribution in [0, 0.1) is 5.82 Å². The predicted octanol–water partition coefficient (Wildman–Crippen LogP) is 0.931. The Kier molecular flexibility index (Phi) is 6.63. The summed E-state index contributed by atoms with van der Waals surface area (Å²) >= 11 is 0. The summed E-state index contributed by atoms with van der Waals surface area (Å²) in [7, 11) is 0. The second-order valence-corrected chi connectivity index (χ2v) is 4.77. The molecule has 126 valence electrons. The second kappa shape index (κ2) is 9.19. The minimum Gasteiger partial charge on any atom is -0.463 e. The Bertz CT molecular complexity index is 665. The largest absolute Gasteiger partial charge is 0.463 e. The van der Waals surface area contributed by atoms with Gasteiger partial charge in [-0.05, 0) is 36.8 Å². The Balaban J connectivity index is 1.58. The molecule has 0 radical (unpaired) electrons. The quantitative estimate of drug-likeness (QED) is 0.702. The number of benzene rings is 1. The number of amides is 2. The molecule has 0 spiro atoms. The zero-order valence-electron chi connectivity index (χ0n) is 12.9. The molecule has 0 aliphatic carbocycles. The lowest BCUT2D eigenvalue weighted by Gasteiger charge is -2.07. The van der Waals surface area contributed by atoms with Crippen molar-refractivity contribution >= 4 is 11.8 Å². The summed E-state index contributed by atoms with van der Waals surface area (Å²) < 4.78 is 18.0. The monoisotopic (exact) mass is 332 g/mol. The maximum atomic E-state index is 12.8. The molecule has 0 bridgehead atoms. The number of ether oxygens (including phenoxy) is 1. The van der Waals surface area contributed by atoms with E-state index in [1.54, 1.807) is 18.5 Å². The molecule has 0 saturated carbocycles. The molecule has 2 aromatic rings. The fraction of sp³-hybridized carbons (Fsp3) is 0.250. The molecular formula is C16H17FN4O3. The van der Waals surface area contributed by atoms with Gasteiger partial charge in [0.05, 0.1) is 13.2 Å². The first-order chi connectivity index (χ1) is 11.6. The standard InChI is InChI=1S/C16H17FN4O3/c17-13-5-3-12(4-6-13)15(23)21-11-14(22)18-9-2-10-24-16-19-7-1-8-20-16/h1,3-8H,2,9-11H2,(H,18,22)(H,21,23). The van der Waals surface area contributed by atoms with Gasteiger partial charge in [-0.3, -0.25) is 9.59 Å². The molecule has 0 unspecified atom stereocenters. The fourth-order valence-electron chi connectivity index (χ4n) is 1.75. The number of nitrogens with zero attached hydrogens (tertiary/aromatic N) is 2. The van der Waals surface area contributed by atoms with Crippen molar-refractivity contribution in [3.05, 3.63) is 54.1 Å². The third kappa shape index (κ3) is 5.99. The molecule has 1 aromatic carbocycles. The van der Waals surface area contributed by atoms with Gasteiger partial charge >= 0.3 is 6.01 Å². The molecular weight excluding hydrogens is 315 g/mol. The molecule has 0 fully saturated rings. The fourth-order valence-corrected chi connectivity index (χ4v) is 1.75. The summed E-state index contributed by atoms with van der Waals surface area (Å²) in [5, 5.41) is 5.11. The van der Waals surface area contributed by atoms with Crippen LogP contribution in [0.2, 0.25) is 0 Å². The van der Waals surface area contributed by atoms with E-state index in [-0.39, 0.29) is 18.5 Å². The van der Waals surface area contributed by atoms with Crippen molar-refractivity contribution in [2.45, 2.75) is 6.42 Å². The molecule has 2 rings (SSSR count). The summed E-state index contributed by atoms with van der Waals surface area (Å²) in [6.07, 6.45) is 3.73. The van der Waals surface area contributed by atoms with E-state index in [4.69, 9.17) is 4.74 Å². The predicted molar refractivity (Wildman–Crippen MR) is 83.9 cm³/mol. The number of carbonyl (C=O) groups is 2. The van der Waals surface area contributed by atoms with E-state index in [1.165, 1.54) is 24.3 Å².